The van der Waals surface area contributed by atoms with E-state index in [1.165, 1.54) is 4.90 Å². The molecule has 0 saturated carbocycles. The monoisotopic (exact) mass is 385 g/mol. The van der Waals surface area contributed by atoms with Crippen molar-refractivity contribution in [3.05, 3.63) is 66.6 Å². The molecule has 0 unspecified atom stereocenters. The fourth-order valence-electron chi connectivity index (χ4n) is 3.20. The lowest BCUT2D eigenvalue weighted by Gasteiger charge is -2.30. The second kappa shape index (κ2) is 7.59. The number of nitrogens with zero attached hydrogens (tertiary/aromatic N) is 3. The highest BCUT2D eigenvalue weighted by Gasteiger charge is 2.30. The first kappa shape index (κ1) is 17.8. The van der Waals surface area contributed by atoms with Gasteiger partial charge in [-0.05, 0) is 24.3 Å². The molecular formula is C19H21N4O3S+. The van der Waals surface area contributed by atoms with Crippen LogP contribution in [0.1, 0.15) is 5.89 Å². The molecule has 1 aliphatic heterocycles. The molecule has 1 aliphatic rings. The molecule has 2 aromatic carbocycles. The van der Waals surface area contributed by atoms with Gasteiger partial charge in [0, 0.05) is 5.56 Å². The minimum atomic E-state index is -3.42. The van der Waals surface area contributed by atoms with Crippen molar-refractivity contribution in [2.24, 2.45) is 0 Å². The summed E-state index contributed by atoms with van der Waals surface area (Å²) in [6, 6.07) is 18.2. The van der Waals surface area contributed by atoms with E-state index in [1.807, 2.05) is 36.4 Å². The highest BCUT2D eigenvalue weighted by Crippen LogP contribution is 2.17. The number of aromatic nitrogens is 2. The van der Waals surface area contributed by atoms with Crippen molar-refractivity contribution in [1.82, 2.24) is 14.5 Å². The number of sulfonamides is 1. The second-order valence-corrected chi connectivity index (χ2v) is 8.45. The Morgan fingerprint density at radius 1 is 0.926 bits per heavy atom. The van der Waals surface area contributed by atoms with E-state index in [4.69, 9.17) is 4.42 Å². The predicted octanol–water partition coefficient (Wildman–Crippen LogP) is 0.826. The van der Waals surface area contributed by atoms with Gasteiger partial charge in [0.1, 0.15) is 0 Å². The molecule has 3 aromatic rings. The molecule has 0 amide bonds. The Bertz CT molecular complexity index is 982. The maximum absolute atomic E-state index is 12.7. The number of quaternary nitrogens is 1. The molecular weight excluding hydrogens is 364 g/mol. The molecule has 2 heterocycles. The highest BCUT2D eigenvalue weighted by atomic mass is 32.2. The summed E-state index contributed by atoms with van der Waals surface area (Å²) in [6.07, 6.45) is 0. The van der Waals surface area contributed by atoms with E-state index < -0.39 is 10.0 Å². The van der Waals surface area contributed by atoms with E-state index in [0.29, 0.717) is 49.4 Å². The highest BCUT2D eigenvalue weighted by molar-refractivity contribution is 7.89. The standard InChI is InChI=1S/C19H20N4O3S/c24-27(25,17-9-5-2-6-10-17)23-13-11-22(12-14-23)15-18-20-21-19(26-18)16-7-3-1-4-8-16/h1-10H,11-15H2/p+1. The van der Waals surface area contributed by atoms with Crippen LogP contribution in [0.2, 0.25) is 0 Å². The van der Waals surface area contributed by atoms with Gasteiger partial charge in [-0.1, -0.05) is 36.4 Å². The SMILES string of the molecule is O=S(=O)(c1ccccc1)N1CC[NH+](Cc2nnc(-c3ccccc3)o2)CC1. The lowest BCUT2D eigenvalue weighted by Crippen LogP contribution is -3.13. The van der Waals surface area contributed by atoms with Crippen LogP contribution in [0.3, 0.4) is 0 Å². The van der Waals surface area contributed by atoms with Gasteiger partial charge >= 0.3 is 0 Å². The van der Waals surface area contributed by atoms with Crippen LogP contribution >= 0.6 is 0 Å². The van der Waals surface area contributed by atoms with Gasteiger partial charge in [-0.25, -0.2) is 8.42 Å². The zero-order chi connectivity index (χ0) is 18.7. The number of nitrogens with one attached hydrogen (secondary N) is 1. The third-order valence-corrected chi connectivity index (χ3v) is 6.61. The molecule has 0 bridgehead atoms. The summed E-state index contributed by atoms with van der Waals surface area (Å²) < 4.78 is 32.7. The molecule has 140 valence electrons. The van der Waals surface area contributed by atoms with Crippen molar-refractivity contribution in [2.45, 2.75) is 11.4 Å². The van der Waals surface area contributed by atoms with Crippen molar-refractivity contribution in [3.63, 3.8) is 0 Å². The Morgan fingerprint density at radius 3 is 2.22 bits per heavy atom. The zero-order valence-electron chi connectivity index (χ0n) is 14.8. The third-order valence-electron chi connectivity index (χ3n) is 4.70. The van der Waals surface area contributed by atoms with Gasteiger partial charge in [0.05, 0.1) is 31.1 Å². The average molecular weight is 385 g/mol. The van der Waals surface area contributed by atoms with E-state index in [9.17, 15) is 8.42 Å². The molecule has 1 aromatic heterocycles. The van der Waals surface area contributed by atoms with Gasteiger partial charge in [0.2, 0.25) is 15.9 Å². The van der Waals surface area contributed by atoms with Crippen LogP contribution in [-0.4, -0.2) is 49.1 Å². The first-order chi connectivity index (χ1) is 13.1. The summed E-state index contributed by atoms with van der Waals surface area (Å²) in [6.45, 7) is 2.96. The van der Waals surface area contributed by atoms with Crippen molar-refractivity contribution < 1.29 is 17.7 Å². The van der Waals surface area contributed by atoms with E-state index in [-0.39, 0.29) is 0 Å². The van der Waals surface area contributed by atoms with Crippen molar-refractivity contribution >= 4 is 10.0 Å². The van der Waals surface area contributed by atoms with Crippen molar-refractivity contribution in [1.29, 1.82) is 0 Å². The van der Waals surface area contributed by atoms with Gasteiger partial charge in [-0.15, -0.1) is 10.2 Å². The zero-order valence-corrected chi connectivity index (χ0v) is 15.6. The summed E-state index contributed by atoms with van der Waals surface area (Å²) in [5.41, 5.74) is 0.894. The minimum Gasteiger partial charge on any atom is -0.415 e. The molecule has 0 spiro atoms. The topological polar surface area (TPSA) is 80.7 Å². The quantitative estimate of drug-likeness (QED) is 0.704. The predicted molar refractivity (Wildman–Crippen MR) is 99.3 cm³/mol. The summed E-state index contributed by atoms with van der Waals surface area (Å²) in [4.78, 5) is 1.58. The second-order valence-electron chi connectivity index (χ2n) is 6.51. The molecule has 1 fully saturated rings. The summed E-state index contributed by atoms with van der Waals surface area (Å²) in [7, 11) is -3.42. The van der Waals surface area contributed by atoms with Crippen molar-refractivity contribution in [2.75, 3.05) is 26.2 Å². The van der Waals surface area contributed by atoms with Gasteiger partial charge in [0.15, 0.2) is 6.54 Å². The number of rotatable bonds is 5. The normalized spacial score (nSPS) is 16.4. The van der Waals surface area contributed by atoms with E-state index in [2.05, 4.69) is 10.2 Å². The Labute approximate surface area is 158 Å². The van der Waals surface area contributed by atoms with Crippen LogP contribution < -0.4 is 4.90 Å². The van der Waals surface area contributed by atoms with Gasteiger partial charge in [-0.3, -0.25) is 0 Å². The molecule has 8 heteroatoms. The van der Waals surface area contributed by atoms with E-state index in [0.717, 1.165) is 5.56 Å². The van der Waals surface area contributed by atoms with Gasteiger partial charge in [-0.2, -0.15) is 4.31 Å². The van der Waals surface area contributed by atoms with Crippen LogP contribution in [0.25, 0.3) is 11.5 Å². The molecule has 0 atom stereocenters. The van der Waals surface area contributed by atoms with Crippen LogP contribution in [0, 0.1) is 0 Å². The molecule has 1 N–H and O–H groups in total. The van der Waals surface area contributed by atoms with Crippen LogP contribution in [-0.2, 0) is 16.6 Å². The molecule has 0 radical (unpaired) electrons. The smallest absolute Gasteiger partial charge is 0.271 e. The molecule has 0 aliphatic carbocycles. The first-order valence-electron chi connectivity index (χ1n) is 8.89. The summed E-state index contributed by atoms with van der Waals surface area (Å²) >= 11 is 0. The van der Waals surface area contributed by atoms with Crippen LogP contribution in [0.5, 0.6) is 0 Å². The number of piperazine rings is 1. The Balaban J connectivity index is 1.37. The maximum Gasteiger partial charge on any atom is 0.271 e. The summed E-state index contributed by atoms with van der Waals surface area (Å²) in [5, 5.41) is 8.24. The number of hydrogen-bond acceptors (Lipinski definition) is 5. The Hall–Kier alpha value is -2.55. The first-order valence-corrected chi connectivity index (χ1v) is 10.3. The third kappa shape index (κ3) is 3.92. The molecule has 4 rings (SSSR count). The van der Waals surface area contributed by atoms with E-state index >= 15 is 0 Å². The van der Waals surface area contributed by atoms with Crippen LogP contribution in [0.4, 0.5) is 0 Å². The Kier molecular flexibility index (Phi) is 5.02. The number of hydrogen-bond donors (Lipinski definition) is 1. The van der Waals surface area contributed by atoms with E-state index in [1.54, 1.807) is 28.6 Å². The van der Waals surface area contributed by atoms with Gasteiger partial charge < -0.3 is 9.32 Å². The molecule has 27 heavy (non-hydrogen) atoms. The van der Waals surface area contributed by atoms with Crippen LogP contribution in [0.15, 0.2) is 70.0 Å². The minimum absolute atomic E-state index is 0.345. The Morgan fingerprint density at radius 2 is 1.56 bits per heavy atom. The lowest BCUT2D eigenvalue weighted by atomic mass is 10.2. The fraction of sp³-hybridized carbons (Fsp3) is 0.263. The number of benzene rings is 2. The lowest BCUT2D eigenvalue weighted by molar-refractivity contribution is -0.918. The fourth-order valence-corrected chi connectivity index (χ4v) is 4.66. The molecule has 7 nitrogen and oxygen atoms in total. The molecule has 1 saturated heterocycles. The van der Waals surface area contributed by atoms with Crippen molar-refractivity contribution in [3.8, 4) is 11.5 Å². The maximum atomic E-state index is 12.7. The largest absolute Gasteiger partial charge is 0.415 e. The summed E-state index contributed by atoms with van der Waals surface area (Å²) in [5.74, 6) is 1.08. The van der Waals surface area contributed by atoms with Gasteiger partial charge in [0.25, 0.3) is 5.89 Å². The average Bonchev–Trinajstić information content (AvgIpc) is 3.18.